The van der Waals surface area contributed by atoms with E-state index in [1.165, 1.54) is 31.4 Å². The van der Waals surface area contributed by atoms with Crippen molar-refractivity contribution in [3.05, 3.63) is 35.9 Å². The number of hydrogen-bond acceptors (Lipinski definition) is 2. The molecule has 0 bridgehead atoms. The molecule has 0 saturated carbocycles. The summed E-state index contributed by atoms with van der Waals surface area (Å²) in [6, 6.07) is 10.8. The SMILES string of the molecule is c1ccc(CN2CCCCC3(CO3)C2)cc1. The molecule has 0 amide bonds. The van der Waals surface area contributed by atoms with E-state index in [4.69, 9.17) is 4.74 Å². The second-order valence-electron chi connectivity index (χ2n) is 5.13. The first-order valence-electron chi connectivity index (χ1n) is 6.27. The van der Waals surface area contributed by atoms with Crippen LogP contribution in [0.5, 0.6) is 0 Å². The van der Waals surface area contributed by atoms with Gasteiger partial charge in [-0.05, 0) is 31.4 Å². The van der Waals surface area contributed by atoms with Crippen molar-refractivity contribution in [2.75, 3.05) is 19.7 Å². The standard InChI is InChI=1S/C14H19NO/c1-2-6-13(7-3-1)10-15-9-5-4-8-14(11-15)12-16-14/h1-3,6-7H,4-5,8-12H2. The molecule has 0 aliphatic carbocycles. The van der Waals surface area contributed by atoms with Gasteiger partial charge >= 0.3 is 0 Å². The number of benzene rings is 1. The second kappa shape index (κ2) is 4.19. The Balaban J connectivity index is 1.65. The summed E-state index contributed by atoms with van der Waals surface area (Å²) in [4.78, 5) is 2.55. The van der Waals surface area contributed by atoms with Gasteiger partial charge in [-0.25, -0.2) is 0 Å². The Bertz CT molecular complexity index is 345. The van der Waals surface area contributed by atoms with Gasteiger partial charge in [0.1, 0.15) is 5.60 Å². The molecule has 2 heteroatoms. The lowest BCUT2D eigenvalue weighted by Crippen LogP contribution is -2.32. The van der Waals surface area contributed by atoms with Crippen molar-refractivity contribution >= 4 is 0 Å². The minimum Gasteiger partial charge on any atom is -0.368 e. The van der Waals surface area contributed by atoms with Crippen LogP contribution in [0, 0.1) is 0 Å². The summed E-state index contributed by atoms with van der Waals surface area (Å²) in [5.41, 5.74) is 1.66. The minimum atomic E-state index is 0.241. The fourth-order valence-corrected chi connectivity index (χ4v) is 2.66. The molecular formula is C14H19NO. The Morgan fingerprint density at radius 2 is 2.00 bits per heavy atom. The van der Waals surface area contributed by atoms with Gasteiger partial charge in [-0.1, -0.05) is 30.3 Å². The van der Waals surface area contributed by atoms with Gasteiger partial charge in [0.05, 0.1) is 6.61 Å². The monoisotopic (exact) mass is 217 g/mol. The fraction of sp³-hybridized carbons (Fsp3) is 0.571. The Morgan fingerprint density at radius 3 is 2.75 bits per heavy atom. The quantitative estimate of drug-likeness (QED) is 0.707. The minimum absolute atomic E-state index is 0.241. The third-order valence-corrected chi connectivity index (χ3v) is 3.67. The first kappa shape index (κ1) is 10.3. The van der Waals surface area contributed by atoms with E-state index >= 15 is 0 Å². The maximum atomic E-state index is 5.64. The lowest BCUT2D eigenvalue weighted by molar-refractivity contribution is 0.195. The van der Waals surface area contributed by atoms with E-state index in [2.05, 4.69) is 35.2 Å². The number of likely N-dealkylation sites (tertiary alicyclic amines) is 1. The highest BCUT2D eigenvalue weighted by molar-refractivity contribution is 5.14. The molecule has 1 atom stereocenters. The summed E-state index contributed by atoms with van der Waals surface area (Å²) in [5, 5.41) is 0. The molecule has 1 unspecified atom stereocenters. The van der Waals surface area contributed by atoms with Gasteiger partial charge in [0.25, 0.3) is 0 Å². The van der Waals surface area contributed by atoms with E-state index in [-0.39, 0.29) is 5.60 Å². The third-order valence-electron chi connectivity index (χ3n) is 3.67. The second-order valence-corrected chi connectivity index (χ2v) is 5.13. The average Bonchev–Trinajstić information content (AvgIpc) is 3.09. The maximum absolute atomic E-state index is 5.64. The van der Waals surface area contributed by atoms with Crippen molar-refractivity contribution in [3.8, 4) is 0 Å². The lowest BCUT2D eigenvalue weighted by Gasteiger charge is -2.22. The molecule has 0 aromatic heterocycles. The molecule has 16 heavy (non-hydrogen) atoms. The molecule has 1 aromatic rings. The van der Waals surface area contributed by atoms with Gasteiger partial charge in [-0.2, -0.15) is 0 Å². The summed E-state index contributed by atoms with van der Waals surface area (Å²) < 4.78 is 5.64. The maximum Gasteiger partial charge on any atom is 0.104 e. The molecule has 2 fully saturated rings. The van der Waals surface area contributed by atoms with Gasteiger partial charge in [-0.15, -0.1) is 0 Å². The Kier molecular flexibility index (Phi) is 2.70. The van der Waals surface area contributed by atoms with Crippen molar-refractivity contribution < 1.29 is 4.74 Å². The van der Waals surface area contributed by atoms with Crippen LogP contribution >= 0.6 is 0 Å². The van der Waals surface area contributed by atoms with Crippen molar-refractivity contribution in [2.24, 2.45) is 0 Å². The fourth-order valence-electron chi connectivity index (χ4n) is 2.66. The summed E-state index contributed by atoms with van der Waals surface area (Å²) in [6.07, 6.45) is 3.90. The normalized spacial score (nSPS) is 30.2. The number of ether oxygens (including phenoxy) is 1. The summed E-state index contributed by atoms with van der Waals surface area (Å²) in [6.45, 7) is 4.41. The zero-order chi connectivity index (χ0) is 10.8. The van der Waals surface area contributed by atoms with E-state index in [0.717, 1.165) is 19.7 Å². The van der Waals surface area contributed by atoms with Gasteiger partial charge < -0.3 is 4.74 Å². The molecule has 2 aliphatic rings. The zero-order valence-corrected chi connectivity index (χ0v) is 9.69. The Hall–Kier alpha value is -0.860. The number of hydrogen-bond donors (Lipinski definition) is 0. The molecule has 2 nitrogen and oxygen atoms in total. The van der Waals surface area contributed by atoms with Crippen LogP contribution in [0.4, 0.5) is 0 Å². The highest BCUT2D eigenvalue weighted by atomic mass is 16.6. The van der Waals surface area contributed by atoms with E-state index in [9.17, 15) is 0 Å². The Labute approximate surface area is 97.2 Å². The molecule has 2 heterocycles. The van der Waals surface area contributed by atoms with Crippen LogP contribution < -0.4 is 0 Å². The molecule has 86 valence electrons. The summed E-state index contributed by atoms with van der Waals surface area (Å²) in [7, 11) is 0. The summed E-state index contributed by atoms with van der Waals surface area (Å²) in [5.74, 6) is 0. The predicted molar refractivity (Wildman–Crippen MR) is 64.3 cm³/mol. The molecule has 2 aliphatic heterocycles. The largest absolute Gasteiger partial charge is 0.368 e. The molecule has 1 aromatic carbocycles. The third kappa shape index (κ3) is 2.28. The van der Waals surface area contributed by atoms with Crippen molar-refractivity contribution in [1.29, 1.82) is 0 Å². The number of rotatable bonds is 2. The highest BCUT2D eigenvalue weighted by Gasteiger charge is 2.46. The molecule has 3 rings (SSSR count). The molecule has 1 spiro atoms. The average molecular weight is 217 g/mol. The molecule has 2 saturated heterocycles. The topological polar surface area (TPSA) is 15.8 Å². The number of nitrogens with zero attached hydrogens (tertiary/aromatic N) is 1. The van der Waals surface area contributed by atoms with Crippen LogP contribution in [0.1, 0.15) is 24.8 Å². The van der Waals surface area contributed by atoms with Gasteiger partial charge in [-0.3, -0.25) is 4.90 Å². The first-order chi connectivity index (χ1) is 7.86. The molecule has 0 N–H and O–H groups in total. The highest BCUT2D eigenvalue weighted by Crippen LogP contribution is 2.36. The van der Waals surface area contributed by atoms with Crippen molar-refractivity contribution in [1.82, 2.24) is 4.90 Å². The van der Waals surface area contributed by atoms with Crippen LogP contribution in [0.2, 0.25) is 0 Å². The number of epoxide rings is 1. The van der Waals surface area contributed by atoms with Crippen LogP contribution in [-0.2, 0) is 11.3 Å². The molecule has 0 radical (unpaired) electrons. The van der Waals surface area contributed by atoms with Gasteiger partial charge in [0.15, 0.2) is 0 Å². The summed E-state index contributed by atoms with van der Waals surface area (Å²) >= 11 is 0. The van der Waals surface area contributed by atoms with E-state index in [0.29, 0.717) is 0 Å². The van der Waals surface area contributed by atoms with Crippen molar-refractivity contribution in [3.63, 3.8) is 0 Å². The van der Waals surface area contributed by atoms with Crippen LogP contribution in [-0.4, -0.2) is 30.2 Å². The lowest BCUT2D eigenvalue weighted by atomic mass is 10.1. The zero-order valence-electron chi connectivity index (χ0n) is 9.69. The van der Waals surface area contributed by atoms with E-state index in [1.807, 2.05) is 0 Å². The van der Waals surface area contributed by atoms with Gasteiger partial charge in [0, 0.05) is 13.1 Å². The van der Waals surface area contributed by atoms with Crippen LogP contribution in [0.3, 0.4) is 0 Å². The van der Waals surface area contributed by atoms with Crippen molar-refractivity contribution in [2.45, 2.75) is 31.4 Å². The van der Waals surface area contributed by atoms with E-state index in [1.54, 1.807) is 0 Å². The van der Waals surface area contributed by atoms with Gasteiger partial charge in [0.2, 0.25) is 0 Å². The Morgan fingerprint density at radius 1 is 1.19 bits per heavy atom. The first-order valence-corrected chi connectivity index (χ1v) is 6.27. The smallest absolute Gasteiger partial charge is 0.104 e. The molecular weight excluding hydrogens is 198 g/mol. The predicted octanol–water partition coefficient (Wildman–Crippen LogP) is 2.44. The van der Waals surface area contributed by atoms with E-state index < -0.39 is 0 Å². The van der Waals surface area contributed by atoms with Crippen LogP contribution in [0.15, 0.2) is 30.3 Å². The van der Waals surface area contributed by atoms with Crippen LogP contribution in [0.25, 0.3) is 0 Å².